The van der Waals surface area contributed by atoms with Crippen molar-refractivity contribution in [2.45, 2.75) is 39.2 Å². The molecule has 0 bridgehead atoms. The molecule has 0 aliphatic heterocycles. The maximum atomic E-state index is 6.10. The van der Waals surface area contributed by atoms with Crippen LogP contribution in [-0.2, 0) is 6.42 Å². The second-order valence-corrected chi connectivity index (χ2v) is 6.68. The van der Waals surface area contributed by atoms with Crippen LogP contribution in [0.5, 0.6) is 11.5 Å². The van der Waals surface area contributed by atoms with Gasteiger partial charge in [-0.25, -0.2) is 0 Å². The topological polar surface area (TPSA) is 35.2 Å². The Hall–Kier alpha value is -1.32. The molecule has 0 amide bonds. The second kappa shape index (κ2) is 7.10. The van der Waals surface area contributed by atoms with Gasteiger partial charge in [-0.1, -0.05) is 48.0 Å². The van der Waals surface area contributed by atoms with Crippen molar-refractivity contribution in [1.29, 1.82) is 0 Å². The molecule has 0 saturated carbocycles. The predicted octanol–water partition coefficient (Wildman–Crippen LogP) is 5.25. The minimum atomic E-state index is 0.107. The monoisotopic (exact) mass is 347 g/mol. The van der Waals surface area contributed by atoms with E-state index in [2.05, 4.69) is 48.0 Å². The minimum absolute atomic E-state index is 0.107. The molecule has 0 heterocycles. The number of hydrogen-bond donors (Lipinski definition) is 1. The summed E-state index contributed by atoms with van der Waals surface area (Å²) in [6.07, 6.45) is 0.798. The third-order valence-corrected chi connectivity index (χ3v) is 3.82. The van der Waals surface area contributed by atoms with Gasteiger partial charge in [-0.05, 0) is 54.7 Å². The largest absolute Gasteiger partial charge is 0.457 e. The van der Waals surface area contributed by atoms with Crippen molar-refractivity contribution < 1.29 is 4.74 Å². The van der Waals surface area contributed by atoms with Gasteiger partial charge in [0, 0.05) is 10.5 Å². The fraction of sp³-hybridized carbons (Fsp3) is 0.333. The van der Waals surface area contributed by atoms with E-state index in [-0.39, 0.29) is 6.04 Å². The molecule has 0 radical (unpaired) electrons. The molecular weight excluding hydrogens is 326 g/mol. The lowest BCUT2D eigenvalue weighted by atomic mass is 10.0. The molecule has 0 fully saturated rings. The number of hydrogen-bond acceptors (Lipinski definition) is 2. The smallest absolute Gasteiger partial charge is 0.131 e. The Balaban J connectivity index is 2.29. The van der Waals surface area contributed by atoms with Crippen molar-refractivity contribution in [2.75, 3.05) is 0 Å². The van der Waals surface area contributed by atoms with E-state index in [0.29, 0.717) is 5.92 Å². The Morgan fingerprint density at radius 3 is 2.52 bits per heavy atom. The van der Waals surface area contributed by atoms with Gasteiger partial charge in [0.15, 0.2) is 0 Å². The molecule has 0 aromatic heterocycles. The molecule has 2 nitrogen and oxygen atoms in total. The zero-order valence-electron chi connectivity index (χ0n) is 12.8. The van der Waals surface area contributed by atoms with Crippen LogP contribution < -0.4 is 10.5 Å². The van der Waals surface area contributed by atoms with Crippen molar-refractivity contribution in [2.24, 2.45) is 5.73 Å². The molecule has 2 aromatic carbocycles. The fourth-order valence-corrected chi connectivity index (χ4v) is 2.54. The minimum Gasteiger partial charge on any atom is -0.457 e. The van der Waals surface area contributed by atoms with Crippen molar-refractivity contribution in [3.05, 3.63) is 58.1 Å². The summed E-state index contributed by atoms with van der Waals surface area (Å²) in [6, 6.07) is 14.4. The van der Waals surface area contributed by atoms with Crippen LogP contribution in [0.3, 0.4) is 0 Å². The maximum Gasteiger partial charge on any atom is 0.131 e. The van der Waals surface area contributed by atoms with Crippen molar-refractivity contribution in [1.82, 2.24) is 0 Å². The number of benzene rings is 2. The van der Waals surface area contributed by atoms with E-state index >= 15 is 0 Å². The first-order valence-electron chi connectivity index (χ1n) is 7.27. The van der Waals surface area contributed by atoms with E-state index in [9.17, 15) is 0 Å². The second-order valence-electron chi connectivity index (χ2n) is 5.76. The highest BCUT2D eigenvalue weighted by atomic mass is 79.9. The van der Waals surface area contributed by atoms with Gasteiger partial charge < -0.3 is 10.5 Å². The Kier molecular flexibility index (Phi) is 5.43. The first-order chi connectivity index (χ1) is 9.95. The standard InChI is InChI=1S/C18H22BrNO/c1-12(2)14-5-4-6-17(10-14)21-18-11-16(19)8-7-15(18)9-13(3)20/h4-8,10-13H,9,20H2,1-3H3. The van der Waals surface area contributed by atoms with Crippen LogP contribution in [0.4, 0.5) is 0 Å². The third kappa shape index (κ3) is 4.58. The lowest BCUT2D eigenvalue weighted by Gasteiger charge is -2.14. The van der Waals surface area contributed by atoms with Crippen molar-refractivity contribution in [3.8, 4) is 11.5 Å². The highest BCUT2D eigenvalue weighted by Gasteiger charge is 2.09. The van der Waals surface area contributed by atoms with Crippen LogP contribution in [0.1, 0.15) is 37.8 Å². The van der Waals surface area contributed by atoms with Crippen LogP contribution in [-0.4, -0.2) is 6.04 Å². The molecule has 1 atom stereocenters. The molecule has 0 aliphatic rings. The molecule has 0 aliphatic carbocycles. The van der Waals surface area contributed by atoms with Crippen molar-refractivity contribution in [3.63, 3.8) is 0 Å². The summed E-state index contributed by atoms with van der Waals surface area (Å²) in [5, 5.41) is 0. The van der Waals surface area contributed by atoms with Gasteiger partial charge in [0.05, 0.1) is 0 Å². The first kappa shape index (κ1) is 16.1. The number of ether oxygens (including phenoxy) is 1. The van der Waals surface area contributed by atoms with E-state index in [1.165, 1.54) is 5.56 Å². The molecule has 2 N–H and O–H groups in total. The molecule has 2 aromatic rings. The van der Waals surface area contributed by atoms with Crippen LogP contribution in [0.25, 0.3) is 0 Å². The predicted molar refractivity (Wildman–Crippen MR) is 92.1 cm³/mol. The molecule has 21 heavy (non-hydrogen) atoms. The SMILES string of the molecule is CC(N)Cc1ccc(Br)cc1Oc1cccc(C(C)C)c1. The number of rotatable bonds is 5. The normalized spacial score (nSPS) is 12.5. The molecule has 0 saturated heterocycles. The summed E-state index contributed by atoms with van der Waals surface area (Å²) in [6.45, 7) is 6.37. The zero-order valence-corrected chi connectivity index (χ0v) is 14.4. The summed E-state index contributed by atoms with van der Waals surface area (Å²) < 4.78 is 7.10. The van der Waals surface area contributed by atoms with Gasteiger partial charge in [0.2, 0.25) is 0 Å². The Labute approximate surface area is 135 Å². The van der Waals surface area contributed by atoms with Crippen LogP contribution in [0.15, 0.2) is 46.9 Å². The van der Waals surface area contributed by atoms with Crippen molar-refractivity contribution >= 4 is 15.9 Å². The van der Waals surface area contributed by atoms with Gasteiger partial charge in [0.1, 0.15) is 11.5 Å². The quantitative estimate of drug-likeness (QED) is 0.800. The summed E-state index contributed by atoms with van der Waals surface area (Å²) in [4.78, 5) is 0. The Bertz CT molecular complexity index is 608. The molecular formula is C18H22BrNO. The average molecular weight is 348 g/mol. The maximum absolute atomic E-state index is 6.10. The van der Waals surface area contributed by atoms with Crippen LogP contribution in [0.2, 0.25) is 0 Å². The van der Waals surface area contributed by atoms with Gasteiger partial charge in [-0.15, -0.1) is 0 Å². The van der Waals surface area contributed by atoms with Crippen LogP contribution in [0, 0.1) is 0 Å². The van der Waals surface area contributed by atoms with E-state index in [1.54, 1.807) is 0 Å². The number of nitrogens with two attached hydrogens (primary N) is 1. The highest BCUT2D eigenvalue weighted by Crippen LogP contribution is 2.30. The molecule has 0 spiro atoms. The third-order valence-electron chi connectivity index (χ3n) is 3.32. The Morgan fingerprint density at radius 1 is 1.10 bits per heavy atom. The summed E-state index contributed by atoms with van der Waals surface area (Å²) in [5.41, 5.74) is 8.32. The van der Waals surface area contributed by atoms with Gasteiger partial charge >= 0.3 is 0 Å². The summed E-state index contributed by atoms with van der Waals surface area (Å²) >= 11 is 3.50. The molecule has 112 valence electrons. The first-order valence-corrected chi connectivity index (χ1v) is 8.07. The van der Waals surface area contributed by atoms with E-state index in [0.717, 1.165) is 28.0 Å². The lowest BCUT2D eigenvalue weighted by Crippen LogP contribution is -2.18. The fourth-order valence-electron chi connectivity index (χ4n) is 2.20. The molecule has 1 unspecified atom stereocenters. The summed E-state index contributed by atoms with van der Waals surface area (Å²) in [5.74, 6) is 2.22. The van der Waals surface area contributed by atoms with E-state index < -0.39 is 0 Å². The zero-order chi connectivity index (χ0) is 15.4. The highest BCUT2D eigenvalue weighted by molar-refractivity contribution is 9.10. The van der Waals surface area contributed by atoms with Gasteiger partial charge in [-0.3, -0.25) is 0 Å². The lowest BCUT2D eigenvalue weighted by molar-refractivity contribution is 0.472. The molecule has 2 rings (SSSR count). The number of halogens is 1. The van der Waals surface area contributed by atoms with Crippen LogP contribution >= 0.6 is 15.9 Å². The van der Waals surface area contributed by atoms with E-state index in [1.807, 2.05) is 31.2 Å². The van der Waals surface area contributed by atoms with E-state index in [4.69, 9.17) is 10.5 Å². The Morgan fingerprint density at radius 2 is 1.86 bits per heavy atom. The molecule has 3 heteroatoms. The van der Waals surface area contributed by atoms with Gasteiger partial charge in [0.25, 0.3) is 0 Å². The average Bonchev–Trinajstić information content (AvgIpc) is 2.42. The summed E-state index contributed by atoms with van der Waals surface area (Å²) in [7, 11) is 0. The van der Waals surface area contributed by atoms with Gasteiger partial charge in [-0.2, -0.15) is 0 Å².